The molecule has 0 aliphatic carbocycles. The van der Waals surface area contributed by atoms with Crippen molar-refractivity contribution in [1.29, 1.82) is 0 Å². The fraction of sp³-hybridized carbons (Fsp3) is 0.333. The topological polar surface area (TPSA) is 75.4 Å². The van der Waals surface area contributed by atoms with Crippen LogP contribution in [0.5, 0.6) is 0 Å². The van der Waals surface area contributed by atoms with Crippen LogP contribution in [0.25, 0.3) is 11.4 Å². The molecule has 0 unspecified atom stereocenters. The molecule has 0 atom stereocenters. The van der Waals surface area contributed by atoms with Crippen LogP contribution in [0.4, 0.5) is 5.82 Å². The summed E-state index contributed by atoms with van der Waals surface area (Å²) in [7, 11) is 0. The summed E-state index contributed by atoms with van der Waals surface area (Å²) in [5.41, 5.74) is 1.54. The van der Waals surface area contributed by atoms with E-state index in [0.717, 1.165) is 28.9 Å². The predicted molar refractivity (Wildman–Crippen MR) is 114 cm³/mol. The van der Waals surface area contributed by atoms with E-state index in [4.69, 9.17) is 4.52 Å². The first-order chi connectivity index (χ1) is 14.0. The van der Waals surface area contributed by atoms with E-state index in [2.05, 4.69) is 36.0 Å². The molecule has 3 heterocycles. The third-order valence-corrected chi connectivity index (χ3v) is 5.45. The second-order valence-electron chi connectivity index (χ2n) is 7.30. The number of carbonyl (C=O) groups is 1. The molecule has 0 N–H and O–H groups in total. The first-order valence-corrected chi connectivity index (χ1v) is 10.4. The molecule has 7 nitrogen and oxygen atoms in total. The fourth-order valence-electron chi connectivity index (χ4n) is 3.21. The van der Waals surface area contributed by atoms with Crippen LogP contribution in [0.1, 0.15) is 36.0 Å². The molecule has 2 aromatic heterocycles. The van der Waals surface area contributed by atoms with Crippen molar-refractivity contribution in [2.24, 2.45) is 0 Å². The summed E-state index contributed by atoms with van der Waals surface area (Å²) in [4.78, 5) is 25.7. The number of nitrogens with zero attached hydrogens (tertiary/aromatic N) is 5. The Morgan fingerprint density at radius 2 is 1.79 bits per heavy atom. The van der Waals surface area contributed by atoms with Gasteiger partial charge in [-0.1, -0.05) is 34.9 Å². The van der Waals surface area contributed by atoms with Gasteiger partial charge >= 0.3 is 0 Å². The minimum absolute atomic E-state index is 0.0681. The molecule has 0 saturated carbocycles. The van der Waals surface area contributed by atoms with Crippen LogP contribution < -0.4 is 4.90 Å². The quantitative estimate of drug-likeness (QED) is 0.591. The molecule has 1 aromatic carbocycles. The van der Waals surface area contributed by atoms with Crippen molar-refractivity contribution in [3.63, 3.8) is 0 Å². The molecule has 3 aromatic rings. The van der Waals surface area contributed by atoms with E-state index in [1.54, 1.807) is 6.20 Å². The third-order valence-electron chi connectivity index (χ3n) is 4.92. The fourth-order valence-corrected chi connectivity index (χ4v) is 3.47. The van der Waals surface area contributed by atoms with Gasteiger partial charge in [-0.15, -0.1) is 0 Å². The Hall–Kier alpha value is -2.74. The number of pyridine rings is 1. The van der Waals surface area contributed by atoms with Gasteiger partial charge in [0.2, 0.25) is 11.7 Å². The lowest BCUT2D eigenvalue weighted by atomic mass is 10.2. The van der Waals surface area contributed by atoms with Gasteiger partial charge in [0.15, 0.2) is 0 Å². The van der Waals surface area contributed by atoms with E-state index in [-0.39, 0.29) is 11.8 Å². The standard InChI is InChI=1S/C21H22BrN5O2/c1-14(2)20-24-19(25-29-20)16-5-8-18(23-13-16)26-9-11-27(12-10-26)21(28)15-3-6-17(22)7-4-15/h3-8,13-14H,9-12H2,1-2H3. The van der Waals surface area contributed by atoms with Gasteiger partial charge in [-0.05, 0) is 36.4 Å². The molecule has 1 aliphatic rings. The molecule has 29 heavy (non-hydrogen) atoms. The van der Waals surface area contributed by atoms with Gasteiger partial charge in [0.25, 0.3) is 5.91 Å². The van der Waals surface area contributed by atoms with Crippen LogP contribution in [0.15, 0.2) is 51.6 Å². The molecule has 0 radical (unpaired) electrons. The highest BCUT2D eigenvalue weighted by Crippen LogP contribution is 2.22. The van der Waals surface area contributed by atoms with Crippen molar-refractivity contribution >= 4 is 27.7 Å². The maximum absolute atomic E-state index is 12.7. The first-order valence-electron chi connectivity index (χ1n) is 9.61. The molecule has 1 amide bonds. The Morgan fingerprint density at radius 3 is 2.38 bits per heavy atom. The first kappa shape index (κ1) is 19.6. The second-order valence-corrected chi connectivity index (χ2v) is 8.22. The Kier molecular flexibility index (Phi) is 5.62. The van der Waals surface area contributed by atoms with Gasteiger partial charge in [0.05, 0.1) is 0 Å². The molecule has 1 saturated heterocycles. The molecular weight excluding hydrogens is 434 g/mol. The highest BCUT2D eigenvalue weighted by molar-refractivity contribution is 9.10. The van der Waals surface area contributed by atoms with Crippen LogP contribution in [0.3, 0.4) is 0 Å². The molecule has 8 heteroatoms. The largest absolute Gasteiger partial charge is 0.353 e. The number of halogens is 1. The van der Waals surface area contributed by atoms with Crippen molar-refractivity contribution in [3.8, 4) is 11.4 Å². The number of benzene rings is 1. The van der Waals surface area contributed by atoms with E-state index in [1.807, 2.05) is 55.1 Å². The summed E-state index contributed by atoms with van der Waals surface area (Å²) in [6, 6.07) is 11.4. The molecule has 0 bridgehead atoms. The second kappa shape index (κ2) is 8.32. The van der Waals surface area contributed by atoms with E-state index in [0.29, 0.717) is 30.4 Å². The van der Waals surface area contributed by atoms with E-state index in [1.165, 1.54) is 0 Å². The summed E-state index contributed by atoms with van der Waals surface area (Å²) >= 11 is 3.40. The monoisotopic (exact) mass is 455 g/mol. The average molecular weight is 456 g/mol. The van der Waals surface area contributed by atoms with Gasteiger partial charge in [-0.3, -0.25) is 4.79 Å². The Balaban J connectivity index is 1.38. The van der Waals surface area contributed by atoms with Crippen molar-refractivity contribution in [3.05, 3.63) is 58.5 Å². The zero-order valence-electron chi connectivity index (χ0n) is 16.4. The van der Waals surface area contributed by atoms with Gasteiger partial charge < -0.3 is 14.3 Å². The number of piperazine rings is 1. The van der Waals surface area contributed by atoms with E-state index < -0.39 is 0 Å². The Labute approximate surface area is 177 Å². The molecule has 4 rings (SSSR count). The number of carbonyl (C=O) groups excluding carboxylic acids is 1. The minimum atomic E-state index is 0.0681. The third kappa shape index (κ3) is 4.32. The Morgan fingerprint density at radius 1 is 1.07 bits per heavy atom. The van der Waals surface area contributed by atoms with Gasteiger partial charge in [-0.25, -0.2) is 4.98 Å². The zero-order valence-corrected chi connectivity index (χ0v) is 18.0. The summed E-state index contributed by atoms with van der Waals surface area (Å²) in [5, 5.41) is 4.03. The molecule has 0 spiro atoms. The van der Waals surface area contributed by atoms with E-state index in [9.17, 15) is 4.79 Å². The van der Waals surface area contributed by atoms with Crippen molar-refractivity contribution in [2.45, 2.75) is 19.8 Å². The number of hydrogen-bond acceptors (Lipinski definition) is 6. The summed E-state index contributed by atoms with van der Waals surface area (Å²) in [6.07, 6.45) is 1.77. The number of amides is 1. The van der Waals surface area contributed by atoms with Crippen molar-refractivity contribution in [1.82, 2.24) is 20.0 Å². The van der Waals surface area contributed by atoms with Crippen molar-refractivity contribution < 1.29 is 9.32 Å². The number of hydrogen-bond donors (Lipinski definition) is 0. The molecule has 150 valence electrons. The normalized spacial score (nSPS) is 14.5. The minimum Gasteiger partial charge on any atom is -0.353 e. The highest BCUT2D eigenvalue weighted by Gasteiger charge is 2.23. The van der Waals surface area contributed by atoms with Crippen LogP contribution in [-0.4, -0.2) is 52.1 Å². The number of aromatic nitrogens is 3. The maximum Gasteiger partial charge on any atom is 0.253 e. The van der Waals surface area contributed by atoms with Crippen LogP contribution >= 0.6 is 15.9 Å². The smallest absolute Gasteiger partial charge is 0.253 e. The van der Waals surface area contributed by atoms with Crippen LogP contribution in [0.2, 0.25) is 0 Å². The van der Waals surface area contributed by atoms with Gasteiger partial charge in [0.1, 0.15) is 5.82 Å². The zero-order chi connectivity index (χ0) is 20.4. The molecule has 1 fully saturated rings. The number of rotatable bonds is 4. The van der Waals surface area contributed by atoms with Crippen LogP contribution in [0, 0.1) is 0 Å². The predicted octanol–water partition coefficient (Wildman–Crippen LogP) is 3.98. The lowest BCUT2D eigenvalue weighted by Gasteiger charge is -2.35. The molecule has 1 aliphatic heterocycles. The maximum atomic E-state index is 12.7. The highest BCUT2D eigenvalue weighted by atomic mass is 79.9. The summed E-state index contributed by atoms with van der Waals surface area (Å²) in [6.45, 7) is 6.85. The summed E-state index contributed by atoms with van der Waals surface area (Å²) < 4.78 is 6.23. The lowest BCUT2D eigenvalue weighted by Crippen LogP contribution is -2.49. The van der Waals surface area contributed by atoms with Crippen molar-refractivity contribution in [2.75, 3.05) is 31.1 Å². The van der Waals surface area contributed by atoms with E-state index >= 15 is 0 Å². The van der Waals surface area contributed by atoms with Gasteiger partial charge in [0, 0.05) is 53.9 Å². The molecular formula is C21H22BrN5O2. The lowest BCUT2D eigenvalue weighted by molar-refractivity contribution is 0.0746. The summed E-state index contributed by atoms with van der Waals surface area (Å²) in [5.74, 6) is 2.32. The Bertz CT molecular complexity index is 977. The SMILES string of the molecule is CC(C)c1nc(-c2ccc(N3CCN(C(=O)c4ccc(Br)cc4)CC3)nc2)no1. The average Bonchev–Trinajstić information content (AvgIpc) is 3.25. The van der Waals surface area contributed by atoms with Gasteiger partial charge in [-0.2, -0.15) is 4.98 Å². The number of anilines is 1. The van der Waals surface area contributed by atoms with Crippen LogP contribution in [-0.2, 0) is 0 Å².